The molecule has 3 aromatic rings. The number of nitrogens with one attached hydrogen (secondary N) is 1. The van der Waals surface area contributed by atoms with Gasteiger partial charge in [-0.25, -0.2) is 4.98 Å². The van der Waals surface area contributed by atoms with Crippen molar-refractivity contribution >= 4 is 11.0 Å². The van der Waals surface area contributed by atoms with E-state index in [1.807, 2.05) is 0 Å². The summed E-state index contributed by atoms with van der Waals surface area (Å²) in [6, 6.07) is 15.3. The van der Waals surface area contributed by atoms with E-state index in [1.54, 1.807) is 0 Å². The molecule has 3 nitrogen and oxygen atoms in total. The molecule has 0 amide bonds. The third-order valence-corrected chi connectivity index (χ3v) is 5.07. The summed E-state index contributed by atoms with van der Waals surface area (Å²) >= 11 is 0. The zero-order valence-corrected chi connectivity index (χ0v) is 13.8. The van der Waals surface area contributed by atoms with Crippen molar-refractivity contribution in [3.05, 3.63) is 53.9 Å². The molecule has 0 saturated carbocycles. The van der Waals surface area contributed by atoms with Gasteiger partial charge in [0.05, 0.1) is 11.0 Å². The molecule has 1 aliphatic rings. The van der Waals surface area contributed by atoms with Crippen LogP contribution in [-0.4, -0.2) is 22.6 Å². The zero-order valence-electron chi connectivity index (χ0n) is 13.8. The highest BCUT2D eigenvalue weighted by molar-refractivity contribution is 5.86. The van der Waals surface area contributed by atoms with Gasteiger partial charge in [-0.2, -0.15) is 0 Å². The summed E-state index contributed by atoms with van der Waals surface area (Å²) in [5.74, 6) is 1.65. The van der Waals surface area contributed by atoms with E-state index >= 15 is 0 Å². The molecule has 1 N–H and O–H groups in total. The predicted octanol–water partition coefficient (Wildman–Crippen LogP) is 4.02. The molecule has 1 aromatic heterocycles. The van der Waals surface area contributed by atoms with Gasteiger partial charge in [0.1, 0.15) is 5.82 Å². The number of fused-ring (bicyclic) bond motifs is 1. The first-order valence-corrected chi connectivity index (χ1v) is 8.47. The van der Waals surface area contributed by atoms with E-state index in [0.717, 1.165) is 24.4 Å². The van der Waals surface area contributed by atoms with Crippen LogP contribution in [0, 0.1) is 6.92 Å². The Kier molecular flexibility index (Phi) is 3.66. The summed E-state index contributed by atoms with van der Waals surface area (Å²) in [4.78, 5) is 4.80. The van der Waals surface area contributed by atoms with Gasteiger partial charge in [0, 0.05) is 13.6 Å². The van der Waals surface area contributed by atoms with Crippen molar-refractivity contribution in [2.24, 2.45) is 7.05 Å². The van der Waals surface area contributed by atoms with E-state index in [-0.39, 0.29) is 0 Å². The molecule has 1 fully saturated rings. The lowest BCUT2D eigenvalue weighted by molar-refractivity contribution is 0.463. The minimum absolute atomic E-state index is 0.574. The van der Waals surface area contributed by atoms with Crippen molar-refractivity contribution in [3.63, 3.8) is 0 Å². The van der Waals surface area contributed by atoms with Crippen LogP contribution >= 0.6 is 0 Å². The normalized spacial score (nSPS) is 18.4. The highest BCUT2D eigenvalue weighted by Gasteiger charge is 2.21. The molecule has 1 saturated heterocycles. The molecule has 1 aliphatic heterocycles. The molecular weight excluding hydrogens is 282 g/mol. The summed E-state index contributed by atoms with van der Waals surface area (Å²) < 4.78 is 2.24. The number of hydrogen-bond donors (Lipinski definition) is 1. The Morgan fingerprint density at radius 1 is 1.13 bits per heavy atom. The van der Waals surface area contributed by atoms with Crippen molar-refractivity contribution in [2.75, 3.05) is 13.1 Å². The SMILES string of the molecule is Cc1nc2cc(-c3ccccc3)cc([C@H]3CCCNC3)c2n1C. The average molecular weight is 305 g/mol. The predicted molar refractivity (Wildman–Crippen MR) is 95.7 cm³/mol. The highest BCUT2D eigenvalue weighted by Crippen LogP contribution is 2.34. The summed E-state index contributed by atoms with van der Waals surface area (Å²) in [5.41, 5.74) is 6.40. The number of piperidine rings is 1. The fourth-order valence-electron chi connectivity index (χ4n) is 3.73. The third-order valence-electron chi connectivity index (χ3n) is 5.07. The van der Waals surface area contributed by atoms with Gasteiger partial charge in [-0.15, -0.1) is 0 Å². The summed E-state index contributed by atoms with van der Waals surface area (Å²) in [5, 5.41) is 3.55. The minimum Gasteiger partial charge on any atom is -0.331 e. The molecule has 0 unspecified atom stereocenters. The van der Waals surface area contributed by atoms with E-state index in [1.165, 1.54) is 35.0 Å². The van der Waals surface area contributed by atoms with Gasteiger partial charge < -0.3 is 9.88 Å². The van der Waals surface area contributed by atoms with Crippen LogP contribution < -0.4 is 5.32 Å². The first kappa shape index (κ1) is 14.5. The van der Waals surface area contributed by atoms with E-state index in [9.17, 15) is 0 Å². The van der Waals surface area contributed by atoms with Crippen LogP contribution in [0.2, 0.25) is 0 Å². The molecule has 0 radical (unpaired) electrons. The molecule has 0 spiro atoms. The maximum absolute atomic E-state index is 4.80. The van der Waals surface area contributed by atoms with E-state index in [2.05, 4.69) is 66.3 Å². The van der Waals surface area contributed by atoms with E-state index < -0.39 is 0 Å². The van der Waals surface area contributed by atoms with Gasteiger partial charge in [-0.3, -0.25) is 0 Å². The quantitative estimate of drug-likeness (QED) is 0.775. The lowest BCUT2D eigenvalue weighted by Crippen LogP contribution is -2.28. The Labute approximate surface area is 137 Å². The van der Waals surface area contributed by atoms with Crippen molar-refractivity contribution in [3.8, 4) is 11.1 Å². The van der Waals surface area contributed by atoms with Gasteiger partial charge in [0.15, 0.2) is 0 Å². The molecular formula is C20H23N3. The molecule has 1 atom stereocenters. The van der Waals surface area contributed by atoms with Crippen LogP contribution in [0.5, 0.6) is 0 Å². The fraction of sp³-hybridized carbons (Fsp3) is 0.350. The van der Waals surface area contributed by atoms with Crippen LogP contribution in [0.15, 0.2) is 42.5 Å². The van der Waals surface area contributed by atoms with Gasteiger partial charge in [-0.05, 0) is 61.1 Å². The Morgan fingerprint density at radius 3 is 2.70 bits per heavy atom. The smallest absolute Gasteiger partial charge is 0.106 e. The van der Waals surface area contributed by atoms with Crippen LogP contribution in [0.3, 0.4) is 0 Å². The van der Waals surface area contributed by atoms with Gasteiger partial charge in [-0.1, -0.05) is 30.3 Å². The number of rotatable bonds is 2. The number of imidazole rings is 1. The maximum Gasteiger partial charge on any atom is 0.106 e. The molecule has 0 bridgehead atoms. The van der Waals surface area contributed by atoms with Crippen LogP contribution in [0.25, 0.3) is 22.2 Å². The fourth-order valence-corrected chi connectivity index (χ4v) is 3.73. The molecule has 0 aliphatic carbocycles. The lowest BCUT2D eigenvalue weighted by Gasteiger charge is -2.24. The first-order valence-electron chi connectivity index (χ1n) is 8.47. The summed E-state index contributed by atoms with van der Waals surface area (Å²) in [6.07, 6.45) is 2.50. The zero-order chi connectivity index (χ0) is 15.8. The molecule has 23 heavy (non-hydrogen) atoms. The largest absolute Gasteiger partial charge is 0.331 e. The van der Waals surface area contributed by atoms with Crippen molar-refractivity contribution in [1.82, 2.24) is 14.9 Å². The summed E-state index contributed by atoms with van der Waals surface area (Å²) in [6.45, 7) is 4.30. The van der Waals surface area contributed by atoms with E-state index in [0.29, 0.717) is 5.92 Å². The number of benzene rings is 2. The first-order chi connectivity index (χ1) is 11.2. The second kappa shape index (κ2) is 5.82. The monoisotopic (exact) mass is 305 g/mol. The van der Waals surface area contributed by atoms with Crippen molar-refractivity contribution in [1.29, 1.82) is 0 Å². The second-order valence-electron chi connectivity index (χ2n) is 6.56. The summed E-state index contributed by atoms with van der Waals surface area (Å²) in [7, 11) is 2.13. The topological polar surface area (TPSA) is 29.9 Å². The highest BCUT2D eigenvalue weighted by atomic mass is 15.1. The Bertz CT molecular complexity index is 827. The third kappa shape index (κ3) is 2.55. The maximum atomic E-state index is 4.80. The number of hydrogen-bond acceptors (Lipinski definition) is 2. The molecule has 3 heteroatoms. The molecule has 118 valence electrons. The van der Waals surface area contributed by atoms with Crippen molar-refractivity contribution in [2.45, 2.75) is 25.7 Å². The number of aromatic nitrogens is 2. The van der Waals surface area contributed by atoms with Crippen molar-refractivity contribution < 1.29 is 0 Å². The second-order valence-corrected chi connectivity index (χ2v) is 6.56. The van der Waals surface area contributed by atoms with Crippen LogP contribution in [-0.2, 0) is 7.05 Å². The number of nitrogens with zero attached hydrogens (tertiary/aromatic N) is 2. The molecule has 2 heterocycles. The van der Waals surface area contributed by atoms with Gasteiger partial charge >= 0.3 is 0 Å². The lowest BCUT2D eigenvalue weighted by atomic mass is 9.88. The number of aryl methyl sites for hydroxylation is 2. The van der Waals surface area contributed by atoms with Crippen LogP contribution in [0.4, 0.5) is 0 Å². The Balaban J connectivity index is 1.93. The molecule has 2 aromatic carbocycles. The molecule has 4 rings (SSSR count). The average Bonchev–Trinajstić information content (AvgIpc) is 2.90. The van der Waals surface area contributed by atoms with E-state index in [4.69, 9.17) is 4.98 Å². The van der Waals surface area contributed by atoms with Gasteiger partial charge in [0.2, 0.25) is 0 Å². The van der Waals surface area contributed by atoms with Gasteiger partial charge in [0.25, 0.3) is 0 Å². The minimum atomic E-state index is 0.574. The Morgan fingerprint density at radius 2 is 1.96 bits per heavy atom. The Hall–Kier alpha value is -2.13. The van der Waals surface area contributed by atoms with Crippen LogP contribution in [0.1, 0.15) is 30.1 Å². The standard InChI is InChI=1S/C20H23N3/c1-14-22-19-12-17(15-7-4-3-5-8-15)11-18(20(19)23(14)2)16-9-6-10-21-13-16/h3-5,7-8,11-12,16,21H,6,9-10,13H2,1-2H3/t16-/m0/s1.